The summed E-state index contributed by atoms with van der Waals surface area (Å²) in [5.74, 6) is -5.38. The van der Waals surface area contributed by atoms with Crippen molar-refractivity contribution in [3.8, 4) is 0 Å². The number of aliphatic imine (C=N–C) groups is 1. The number of hydrogen-bond donors (Lipinski definition) is 10. The maximum Gasteiger partial charge on any atom is 0.326 e. The van der Waals surface area contributed by atoms with Crippen molar-refractivity contribution < 1.29 is 33.9 Å². The molecule has 0 spiro atoms. The molecule has 0 aliphatic rings. The highest BCUT2D eigenvalue weighted by Gasteiger charge is 2.31. The van der Waals surface area contributed by atoms with Crippen molar-refractivity contribution in [3.63, 3.8) is 0 Å². The first-order chi connectivity index (χ1) is 18.8. The number of rotatable bonds is 19. The first-order valence-electron chi connectivity index (χ1n) is 12.3. The Morgan fingerprint density at radius 3 is 1.98 bits per heavy atom. The Labute approximate surface area is 229 Å². The molecule has 4 atom stereocenters. The number of nitrogens with zero attached hydrogens (tertiary/aromatic N) is 2. The number of primary amides is 2. The van der Waals surface area contributed by atoms with E-state index in [1.807, 2.05) is 0 Å². The number of aromatic nitrogens is 2. The third-order valence-corrected chi connectivity index (χ3v) is 5.52. The molecular weight excluding hydrogens is 530 g/mol. The van der Waals surface area contributed by atoms with Gasteiger partial charge in [-0.2, -0.15) is 0 Å². The summed E-state index contributed by atoms with van der Waals surface area (Å²) >= 11 is 0. The van der Waals surface area contributed by atoms with Crippen LogP contribution in [-0.2, 0) is 35.2 Å². The lowest BCUT2D eigenvalue weighted by molar-refractivity contribution is -0.142. The van der Waals surface area contributed by atoms with Crippen molar-refractivity contribution in [2.75, 3.05) is 6.54 Å². The molecule has 1 heterocycles. The van der Waals surface area contributed by atoms with Gasteiger partial charge in [-0.15, -0.1) is 0 Å². The second-order valence-electron chi connectivity index (χ2n) is 8.87. The first kappa shape index (κ1) is 33.3. The number of nitrogens with two attached hydrogens (primary N) is 5. The fraction of sp³-hybridized carbons (Fsp3) is 0.545. The molecule has 1 rings (SSSR count). The lowest BCUT2D eigenvalue weighted by Crippen LogP contribution is -2.57. The SMILES string of the molecule is NC(=O)CCC(N)C(=O)NC(CCCN=C(N)N)C(=O)NC(Cc1cnc[nH]1)C(=O)NC(CCC(N)=O)C(=O)O. The molecule has 4 unspecified atom stereocenters. The summed E-state index contributed by atoms with van der Waals surface area (Å²) in [5.41, 5.74) is 27.1. The predicted molar refractivity (Wildman–Crippen MR) is 140 cm³/mol. The van der Waals surface area contributed by atoms with Gasteiger partial charge in [0, 0.05) is 37.7 Å². The second-order valence-corrected chi connectivity index (χ2v) is 8.87. The largest absolute Gasteiger partial charge is 0.480 e. The van der Waals surface area contributed by atoms with Crippen molar-refractivity contribution in [2.45, 2.75) is 69.1 Å². The predicted octanol–water partition coefficient (Wildman–Crippen LogP) is -4.60. The number of aliphatic carboxylic acids is 1. The maximum absolute atomic E-state index is 13.3. The van der Waals surface area contributed by atoms with Gasteiger partial charge in [0.15, 0.2) is 5.96 Å². The maximum atomic E-state index is 13.3. The number of amides is 5. The van der Waals surface area contributed by atoms with Crippen LogP contribution < -0.4 is 44.6 Å². The Balaban J connectivity index is 3.10. The zero-order valence-electron chi connectivity index (χ0n) is 21.8. The average Bonchev–Trinajstić information content (AvgIpc) is 3.38. The minimum atomic E-state index is -1.46. The molecule has 0 aliphatic heterocycles. The summed E-state index contributed by atoms with van der Waals surface area (Å²) in [5, 5.41) is 16.7. The van der Waals surface area contributed by atoms with Gasteiger partial charge in [0.05, 0.1) is 12.4 Å². The highest BCUT2D eigenvalue weighted by Crippen LogP contribution is 2.06. The molecular formula is C22H37N11O7. The Bertz CT molecular complexity index is 1060. The molecule has 0 bridgehead atoms. The number of imidazole rings is 1. The zero-order valence-corrected chi connectivity index (χ0v) is 21.8. The number of H-pyrrole nitrogens is 1. The molecule has 1 aromatic heterocycles. The summed E-state index contributed by atoms with van der Waals surface area (Å²) in [7, 11) is 0. The number of carbonyl (C=O) groups excluding carboxylic acids is 5. The molecule has 18 heteroatoms. The van der Waals surface area contributed by atoms with Crippen LogP contribution in [0.4, 0.5) is 0 Å². The Morgan fingerprint density at radius 2 is 1.43 bits per heavy atom. The van der Waals surface area contributed by atoms with Crippen LogP contribution >= 0.6 is 0 Å². The summed E-state index contributed by atoms with van der Waals surface area (Å²) in [6, 6.07) is -5.13. The Morgan fingerprint density at radius 1 is 0.850 bits per heavy atom. The van der Waals surface area contributed by atoms with Crippen LogP contribution in [0.1, 0.15) is 44.2 Å². The van der Waals surface area contributed by atoms with E-state index < -0.39 is 59.7 Å². The normalized spacial score (nSPS) is 13.6. The van der Waals surface area contributed by atoms with E-state index in [1.165, 1.54) is 12.5 Å². The number of aromatic amines is 1. The van der Waals surface area contributed by atoms with E-state index in [2.05, 4.69) is 30.9 Å². The third kappa shape index (κ3) is 13.2. The Hall–Kier alpha value is -4.74. The minimum absolute atomic E-state index is 0.0334. The van der Waals surface area contributed by atoms with Crippen LogP contribution in [0, 0.1) is 0 Å². The van der Waals surface area contributed by atoms with Crippen molar-refractivity contribution in [1.29, 1.82) is 0 Å². The van der Waals surface area contributed by atoms with Crippen LogP contribution in [-0.4, -0.2) is 87.3 Å². The standard InChI is InChI=1S/C22H37N11O7/c23-12(3-5-16(24)34)18(36)31-13(2-1-7-29-22(26)27)19(37)33-15(8-11-9-28-10-30-11)20(38)32-14(21(39)40)4-6-17(25)35/h9-10,12-15H,1-8,23H2,(H2,24,34)(H2,25,35)(H,28,30)(H,31,36)(H,32,38)(H,33,37)(H,39,40)(H4,26,27,29). The van der Waals surface area contributed by atoms with Crippen molar-refractivity contribution in [3.05, 3.63) is 18.2 Å². The number of nitrogens with one attached hydrogen (secondary N) is 4. The molecule has 1 aromatic rings. The van der Waals surface area contributed by atoms with E-state index in [0.717, 1.165) is 0 Å². The summed E-state index contributed by atoms with van der Waals surface area (Å²) < 4.78 is 0. The molecule has 40 heavy (non-hydrogen) atoms. The minimum Gasteiger partial charge on any atom is -0.480 e. The van der Waals surface area contributed by atoms with Crippen LogP contribution in [0.5, 0.6) is 0 Å². The van der Waals surface area contributed by atoms with Crippen molar-refractivity contribution in [2.24, 2.45) is 33.7 Å². The van der Waals surface area contributed by atoms with Gasteiger partial charge in [0.25, 0.3) is 0 Å². The van der Waals surface area contributed by atoms with Gasteiger partial charge in [-0.05, 0) is 25.7 Å². The first-order valence-corrected chi connectivity index (χ1v) is 12.3. The molecule has 5 amide bonds. The van der Waals surface area contributed by atoms with Crippen LogP contribution in [0.25, 0.3) is 0 Å². The van der Waals surface area contributed by atoms with Gasteiger partial charge in [0.2, 0.25) is 29.5 Å². The van der Waals surface area contributed by atoms with Gasteiger partial charge in [-0.25, -0.2) is 9.78 Å². The van der Waals surface area contributed by atoms with E-state index in [0.29, 0.717) is 5.69 Å². The number of carbonyl (C=O) groups is 6. The summed E-state index contributed by atoms with van der Waals surface area (Å²) in [4.78, 5) is 83.1. The molecule has 18 nitrogen and oxygen atoms in total. The smallest absolute Gasteiger partial charge is 0.326 e. The van der Waals surface area contributed by atoms with E-state index >= 15 is 0 Å². The summed E-state index contributed by atoms with van der Waals surface area (Å²) in [6.45, 7) is 0.133. The molecule has 0 saturated carbocycles. The molecule has 0 fully saturated rings. The number of carboxylic acid groups (broad SMARTS) is 1. The number of hydrogen-bond acceptors (Lipinski definition) is 9. The van der Waals surface area contributed by atoms with Gasteiger partial charge < -0.3 is 54.7 Å². The second kappa shape index (κ2) is 17.0. The topological polar surface area (TPSA) is 330 Å². The van der Waals surface area contributed by atoms with E-state index in [4.69, 9.17) is 28.7 Å². The van der Waals surface area contributed by atoms with Crippen molar-refractivity contribution >= 4 is 41.5 Å². The van der Waals surface area contributed by atoms with Gasteiger partial charge in [-0.1, -0.05) is 0 Å². The quantitative estimate of drug-likeness (QED) is 0.0430. The number of guanidine groups is 1. The highest BCUT2D eigenvalue weighted by molar-refractivity contribution is 5.94. The lowest BCUT2D eigenvalue weighted by Gasteiger charge is -2.25. The monoisotopic (exact) mass is 567 g/mol. The fourth-order valence-electron chi connectivity index (χ4n) is 3.39. The lowest BCUT2D eigenvalue weighted by atomic mass is 10.1. The highest BCUT2D eigenvalue weighted by atomic mass is 16.4. The molecule has 0 saturated heterocycles. The van der Waals surface area contributed by atoms with E-state index in [-0.39, 0.29) is 57.5 Å². The average molecular weight is 568 g/mol. The van der Waals surface area contributed by atoms with Gasteiger partial charge in [-0.3, -0.25) is 29.0 Å². The molecule has 15 N–H and O–H groups in total. The summed E-state index contributed by atoms with van der Waals surface area (Å²) in [6.07, 6.45) is 2.14. The fourth-order valence-corrected chi connectivity index (χ4v) is 3.39. The van der Waals surface area contributed by atoms with E-state index in [9.17, 15) is 33.9 Å². The molecule has 0 radical (unpaired) electrons. The number of carboxylic acids is 1. The molecule has 0 aliphatic carbocycles. The van der Waals surface area contributed by atoms with Crippen LogP contribution in [0.2, 0.25) is 0 Å². The van der Waals surface area contributed by atoms with Gasteiger partial charge in [0.1, 0.15) is 18.1 Å². The van der Waals surface area contributed by atoms with Crippen molar-refractivity contribution in [1.82, 2.24) is 25.9 Å². The van der Waals surface area contributed by atoms with Crippen LogP contribution in [0.15, 0.2) is 17.5 Å². The molecule has 0 aromatic carbocycles. The zero-order chi connectivity index (χ0) is 30.2. The Kier molecular flexibility index (Phi) is 14.1. The van der Waals surface area contributed by atoms with Gasteiger partial charge >= 0.3 is 5.97 Å². The van der Waals surface area contributed by atoms with Crippen LogP contribution in [0.3, 0.4) is 0 Å². The van der Waals surface area contributed by atoms with E-state index in [1.54, 1.807) is 0 Å². The molecule has 222 valence electrons. The third-order valence-electron chi connectivity index (χ3n) is 5.52.